The third-order valence-electron chi connectivity index (χ3n) is 3.24. The molecule has 0 amide bonds. The number of hydrogen-bond acceptors (Lipinski definition) is 4. The Hall–Kier alpha value is -2.24. The van der Waals surface area contributed by atoms with Gasteiger partial charge in [0.2, 0.25) is 0 Å². The fourth-order valence-electron chi connectivity index (χ4n) is 2.27. The molecular weight excluding hydrogens is 259 g/mol. The lowest BCUT2D eigenvalue weighted by Crippen LogP contribution is -2.04. The van der Waals surface area contributed by atoms with Gasteiger partial charge in [0.05, 0.1) is 18.6 Å². The number of nitrogens with zero attached hydrogens (tertiary/aromatic N) is 1. The first-order valence-electron chi connectivity index (χ1n) is 6.19. The van der Waals surface area contributed by atoms with E-state index in [2.05, 4.69) is 4.98 Å². The number of hydrogen-bond donors (Lipinski definition) is 2. The minimum atomic E-state index is -0.456. The van der Waals surface area contributed by atoms with E-state index in [4.69, 9.17) is 10.2 Å². The smallest absolute Gasteiger partial charge is 0.153 e. The van der Waals surface area contributed by atoms with Crippen LogP contribution in [0.25, 0.3) is 22.1 Å². The van der Waals surface area contributed by atoms with Gasteiger partial charge in [-0.25, -0.2) is 4.39 Å². The van der Waals surface area contributed by atoms with Gasteiger partial charge in [-0.2, -0.15) is 0 Å². The van der Waals surface area contributed by atoms with Gasteiger partial charge in [-0.1, -0.05) is 0 Å². The zero-order valence-corrected chi connectivity index (χ0v) is 10.6. The summed E-state index contributed by atoms with van der Waals surface area (Å²) in [5, 5.41) is 10.1. The van der Waals surface area contributed by atoms with E-state index in [1.807, 2.05) is 6.07 Å². The van der Waals surface area contributed by atoms with E-state index < -0.39 is 5.82 Å². The fourth-order valence-corrected chi connectivity index (χ4v) is 2.27. The van der Waals surface area contributed by atoms with Crippen molar-refractivity contribution in [3.63, 3.8) is 0 Å². The average molecular weight is 272 g/mol. The number of halogens is 1. The summed E-state index contributed by atoms with van der Waals surface area (Å²) in [6.45, 7) is -0.0920. The van der Waals surface area contributed by atoms with E-state index in [9.17, 15) is 9.50 Å². The molecule has 0 atom stereocenters. The van der Waals surface area contributed by atoms with Crippen LogP contribution in [-0.2, 0) is 13.2 Å². The summed E-state index contributed by atoms with van der Waals surface area (Å²) in [4.78, 5) is 3.91. The predicted molar refractivity (Wildman–Crippen MR) is 73.2 cm³/mol. The molecule has 0 unspecified atom stereocenters. The molecule has 0 aliphatic rings. The van der Waals surface area contributed by atoms with Crippen LogP contribution in [0, 0.1) is 5.82 Å². The van der Waals surface area contributed by atoms with Crippen molar-refractivity contribution in [2.75, 3.05) is 0 Å². The maximum atomic E-state index is 14.4. The lowest BCUT2D eigenvalue weighted by molar-refractivity contribution is 0.282. The van der Waals surface area contributed by atoms with Crippen LogP contribution >= 0.6 is 0 Å². The number of aliphatic hydroxyl groups is 1. The van der Waals surface area contributed by atoms with Crippen molar-refractivity contribution in [3.8, 4) is 11.1 Å². The maximum absolute atomic E-state index is 14.4. The van der Waals surface area contributed by atoms with Crippen molar-refractivity contribution < 1.29 is 13.9 Å². The number of fused-ring (bicyclic) bond motifs is 1. The second kappa shape index (κ2) is 5.03. The minimum absolute atomic E-state index is 0.0284. The summed E-state index contributed by atoms with van der Waals surface area (Å²) in [6.07, 6.45) is 3.05. The Labute approximate surface area is 114 Å². The molecule has 0 fully saturated rings. The van der Waals surface area contributed by atoms with Crippen LogP contribution in [0.3, 0.4) is 0 Å². The van der Waals surface area contributed by atoms with Crippen molar-refractivity contribution >= 4 is 11.0 Å². The largest absolute Gasteiger partial charge is 0.464 e. The molecule has 0 saturated heterocycles. The van der Waals surface area contributed by atoms with Crippen molar-refractivity contribution in [3.05, 3.63) is 53.8 Å². The zero-order chi connectivity index (χ0) is 14.1. The Morgan fingerprint density at radius 1 is 1.25 bits per heavy atom. The summed E-state index contributed by atoms with van der Waals surface area (Å²) < 4.78 is 19.8. The summed E-state index contributed by atoms with van der Waals surface area (Å²) in [7, 11) is 0. The number of aromatic nitrogens is 1. The standard InChI is InChI=1S/C15H13FN2O2/c16-14-11(1-3-18-13(14)7-17)12-6-9(8-19)5-10-2-4-20-15(10)12/h1-6,19H,7-8,17H2. The highest BCUT2D eigenvalue weighted by Gasteiger charge is 2.15. The molecule has 2 aromatic heterocycles. The second-order valence-corrected chi connectivity index (χ2v) is 4.46. The molecule has 20 heavy (non-hydrogen) atoms. The van der Waals surface area contributed by atoms with Crippen LogP contribution in [-0.4, -0.2) is 10.1 Å². The first kappa shape index (κ1) is 12.8. The number of benzene rings is 1. The molecule has 5 heteroatoms. The topological polar surface area (TPSA) is 72.3 Å². The molecular formula is C15H13FN2O2. The lowest BCUT2D eigenvalue weighted by atomic mass is 10.00. The highest BCUT2D eigenvalue weighted by molar-refractivity contribution is 5.93. The molecule has 3 aromatic rings. The zero-order valence-electron chi connectivity index (χ0n) is 10.6. The van der Waals surface area contributed by atoms with Crippen molar-refractivity contribution in [2.45, 2.75) is 13.2 Å². The molecule has 0 spiro atoms. The molecule has 0 saturated carbocycles. The average Bonchev–Trinajstić information content (AvgIpc) is 2.95. The van der Waals surface area contributed by atoms with Crippen LogP contribution in [0.4, 0.5) is 4.39 Å². The Morgan fingerprint density at radius 2 is 2.10 bits per heavy atom. The summed E-state index contributed by atoms with van der Waals surface area (Å²) >= 11 is 0. The number of pyridine rings is 1. The molecule has 2 heterocycles. The fraction of sp³-hybridized carbons (Fsp3) is 0.133. The van der Waals surface area contributed by atoms with Crippen LogP contribution in [0.15, 0.2) is 41.1 Å². The highest BCUT2D eigenvalue weighted by Crippen LogP contribution is 2.33. The van der Waals surface area contributed by atoms with Gasteiger partial charge in [0.1, 0.15) is 5.58 Å². The van der Waals surface area contributed by atoms with Gasteiger partial charge < -0.3 is 15.3 Å². The van der Waals surface area contributed by atoms with Crippen LogP contribution < -0.4 is 5.73 Å². The first-order valence-corrected chi connectivity index (χ1v) is 6.19. The summed E-state index contributed by atoms with van der Waals surface area (Å²) in [5.41, 5.74) is 7.92. The van der Waals surface area contributed by atoms with E-state index in [0.717, 1.165) is 5.39 Å². The Balaban J connectivity index is 2.31. The highest BCUT2D eigenvalue weighted by atomic mass is 19.1. The van der Waals surface area contributed by atoms with Gasteiger partial charge in [0.25, 0.3) is 0 Å². The minimum Gasteiger partial charge on any atom is -0.464 e. The third kappa shape index (κ3) is 1.97. The quantitative estimate of drug-likeness (QED) is 0.768. The predicted octanol–water partition coefficient (Wildman–Crippen LogP) is 2.58. The molecule has 0 radical (unpaired) electrons. The van der Waals surface area contributed by atoms with Gasteiger partial charge >= 0.3 is 0 Å². The Bertz CT molecular complexity index is 768. The van der Waals surface area contributed by atoms with Gasteiger partial charge in [-0.05, 0) is 29.8 Å². The Morgan fingerprint density at radius 3 is 2.85 bits per heavy atom. The van der Waals surface area contributed by atoms with E-state index in [0.29, 0.717) is 22.3 Å². The van der Waals surface area contributed by atoms with E-state index in [1.165, 1.54) is 12.5 Å². The van der Waals surface area contributed by atoms with Crippen molar-refractivity contribution in [1.82, 2.24) is 4.98 Å². The molecule has 3 rings (SSSR count). The maximum Gasteiger partial charge on any atom is 0.153 e. The van der Waals surface area contributed by atoms with Gasteiger partial charge in [0, 0.05) is 29.3 Å². The SMILES string of the molecule is NCc1nccc(-c2cc(CO)cc3ccoc23)c1F. The number of aliphatic hydroxyl groups excluding tert-OH is 1. The summed E-state index contributed by atoms with van der Waals surface area (Å²) in [5.74, 6) is -0.456. The monoisotopic (exact) mass is 272 g/mol. The van der Waals surface area contributed by atoms with Gasteiger partial charge in [0.15, 0.2) is 5.82 Å². The molecule has 1 aromatic carbocycles. The number of furan rings is 1. The molecule has 0 aliphatic carbocycles. The van der Waals surface area contributed by atoms with Crippen molar-refractivity contribution in [2.24, 2.45) is 5.73 Å². The van der Waals surface area contributed by atoms with Gasteiger partial charge in [-0.15, -0.1) is 0 Å². The van der Waals surface area contributed by atoms with E-state index in [-0.39, 0.29) is 18.8 Å². The molecule has 0 bridgehead atoms. The molecule has 4 nitrogen and oxygen atoms in total. The van der Waals surface area contributed by atoms with E-state index in [1.54, 1.807) is 18.2 Å². The number of rotatable bonds is 3. The normalized spacial score (nSPS) is 11.2. The lowest BCUT2D eigenvalue weighted by Gasteiger charge is -2.08. The second-order valence-electron chi connectivity index (χ2n) is 4.46. The first-order chi connectivity index (χ1) is 9.74. The van der Waals surface area contributed by atoms with Crippen LogP contribution in [0.1, 0.15) is 11.3 Å². The molecule has 102 valence electrons. The Kier molecular flexibility index (Phi) is 3.22. The molecule has 3 N–H and O–H groups in total. The number of nitrogens with two attached hydrogens (primary N) is 1. The summed E-state index contributed by atoms with van der Waals surface area (Å²) in [6, 6.07) is 6.88. The van der Waals surface area contributed by atoms with Crippen LogP contribution in [0.2, 0.25) is 0 Å². The third-order valence-corrected chi connectivity index (χ3v) is 3.24. The molecule has 0 aliphatic heterocycles. The van der Waals surface area contributed by atoms with E-state index >= 15 is 0 Å². The van der Waals surface area contributed by atoms with Gasteiger partial charge in [-0.3, -0.25) is 4.98 Å². The van der Waals surface area contributed by atoms with Crippen molar-refractivity contribution in [1.29, 1.82) is 0 Å². The van der Waals surface area contributed by atoms with Crippen LogP contribution in [0.5, 0.6) is 0 Å².